The fourth-order valence-corrected chi connectivity index (χ4v) is 2.62. The molecule has 19 heavy (non-hydrogen) atoms. The summed E-state index contributed by atoms with van der Waals surface area (Å²) in [5, 5.41) is 13.6. The second-order valence-electron chi connectivity index (χ2n) is 5.07. The second kappa shape index (κ2) is 6.36. The van der Waals surface area contributed by atoms with E-state index in [-0.39, 0.29) is 11.5 Å². The van der Waals surface area contributed by atoms with Gasteiger partial charge < -0.3 is 15.2 Å². The molecule has 0 atom stereocenters. The molecule has 0 heterocycles. The lowest BCUT2D eigenvalue weighted by Gasteiger charge is -2.12. The summed E-state index contributed by atoms with van der Waals surface area (Å²) in [6.07, 6.45) is 6.29. The van der Waals surface area contributed by atoms with E-state index in [1.54, 1.807) is 18.2 Å². The van der Waals surface area contributed by atoms with Gasteiger partial charge in [0.2, 0.25) is 5.91 Å². The van der Waals surface area contributed by atoms with Gasteiger partial charge in [-0.3, -0.25) is 4.79 Å². The van der Waals surface area contributed by atoms with Gasteiger partial charge in [-0.2, -0.15) is 0 Å². The summed E-state index contributed by atoms with van der Waals surface area (Å²) in [6.45, 7) is 0. The molecule has 0 bridgehead atoms. The zero-order valence-corrected chi connectivity index (χ0v) is 10.9. The largest absolute Gasteiger partial charge is 0.545 e. The van der Waals surface area contributed by atoms with E-state index in [0.717, 1.165) is 6.42 Å². The highest BCUT2D eigenvalue weighted by Gasteiger charge is 2.16. The van der Waals surface area contributed by atoms with Crippen molar-refractivity contribution in [1.29, 1.82) is 0 Å². The number of carboxylic acids is 1. The number of amides is 1. The van der Waals surface area contributed by atoms with Gasteiger partial charge in [-0.1, -0.05) is 43.9 Å². The second-order valence-corrected chi connectivity index (χ2v) is 5.07. The molecule has 102 valence electrons. The minimum Gasteiger partial charge on any atom is -0.545 e. The number of carboxylic acid groups (broad SMARTS) is 1. The van der Waals surface area contributed by atoms with E-state index in [1.165, 1.54) is 31.7 Å². The summed E-state index contributed by atoms with van der Waals surface area (Å²) in [7, 11) is 0. The van der Waals surface area contributed by atoms with Gasteiger partial charge in [-0.15, -0.1) is 0 Å². The van der Waals surface area contributed by atoms with Crippen molar-refractivity contribution in [1.82, 2.24) is 0 Å². The maximum absolute atomic E-state index is 11.8. The van der Waals surface area contributed by atoms with Crippen molar-refractivity contribution in [3.63, 3.8) is 0 Å². The zero-order valence-electron chi connectivity index (χ0n) is 10.9. The molecule has 1 aliphatic rings. The highest BCUT2D eigenvalue weighted by Crippen LogP contribution is 2.28. The normalized spacial score (nSPS) is 15.4. The van der Waals surface area contributed by atoms with E-state index < -0.39 is 5.97 Å². The number of nitrogens with one attached hydrogen (secondary N) is 1. The average Bonchev–Trinajstić information content (AvgIpc) is 2.90. The summed E-state index contributed by atoms with van der Waals surface area (Å²) >= 11 is 0. The highest BCUT2D eigenvalue weighted by atomic mass is 16.4. The van der Waals surface area contributed by atoms with Gasteiger partial charge in [0.15, 0.2) is 0 Å². The molecular weight excluding hydrogens is 242 g/mol. The van der Waals surface area contributed by atoms with Gasteiger partial charge in [0, 0.05) is 17.7 Å². The number of rotatable bonds is 5. The van der Waals surface area contributed by atoms with E-state index in [4.69, 9.17) is 0 Å². The Kier molecular flexibility index (Phi) is 4.55. The molecule has 1 aliphatic carbocycles. The van der Waals surface area contributed by atoms with Gasteiger partial charge in [0.05, 0.1) is 5.97 Å². The van der Waals surface area contributed by atoms with E-state index >= 15 is 0 Å². The van der Waals surface area contributed by atoms with Crippen LogP contribution in [0.15, 0.2) is 24.3 Å². The van der Waals surface area contributed by atoms with Gasteiger partial charge in [-0.25, -0.2) is 0 Å². The number of para-hydroxylation sites is 1. The molecule has 1 saturated carbocycles. The SMILES string of the molecule is O=C(CCC1CCCC1)Nc1ccccc1C(=O)[O-]. The number of anilines is 1. The third kappa shape index (κ3) is 3.81. The van der Waals surface area contributed by atoms with Crippen LogP contribution in [0.3, 0.4) is 0 Å². The first-order valence-electron chi connectivity index (χ1n) is 6.77. The van der Waals surface area contributed by atoms with Crippen LogP contribution in [-0.2, 0) is 4.79 Å². The van der Waals surface area contributed by atoms with Gasteiger partial charge in [0.1, 0.15) is 0 Å². The molecule has 1 N–H and O–H groups in total. The minimum atomic E-state index is -1.27. The fourth-order valence-electron chi connectivity index (χ4n) is 2.62. The summed E-state index contributed by atoms with van der Waals surface area (Å²) in [5.41, 5.74) is 0.343. The van der Waals surface area contributed by atoms with Crippen molar-refractivity contribution in [3.05, 3.63) is 29.8 Å². The Hall–Kier alpha value is -1.84. The van der Waals surface area contributed by atoms with E-state index in [2.05, 4.69) is 5.32 Å². The lowest BCUT2D eigenvalue weighted by atomic mass is 10.0. The lowest BCUT2D eigenvalue weighted by molar-refractivity contribution is -0.254. The number of hydrogen-bond donors (Lipinski definition) is 1. The molecule has 4 nitrogen and oxygen atoms in total. The first kappa shape index (κ1) is 13.6. The molecule has 0 spiro atoms. The molecule has 0 radical (unpaired) electrons. The summed E-state index contributed by atoms with van der Waals surface area (Å²) in [4.78, 5) is 22.7. The molecule has 0 aliphatic heterocycles. The number of hydrogen-bond acceptors (Lipinski definition) is 3. The third-order valence-electron chi connectivity index (χ3n) is 3.68. The minimum absolute atomic E-state index is 0.0247. The van der Waals surface area contributed by atoms with Crippen LogP contribution in [0.2, 0.25) is 0 Å². The van der Waals surface area contributed by atoms with Crippen LogP contribution in [0, 0.1) is 5.92 Å². The lowest BCUT2D eigenvalue weighted by Crippen LogP contribution is -2.24. The highest BCUT2D eigenvalue weighted by molar-refractivity contribution is 5.99. The van der Waals surface area contributed by atoms with Crippen molar-refractivity contribution in [2.75, 3.05) is 5.32 Å². The van der Waals surface area contributed by atoms with Crippen LogP contribution in [0.25, 0.3) is 0 Å². The first-order valence-corrected chi connectivity index (χ1v) is 6.77. The van der Waals surface area contributed by atoms with Crippen molar-refractivity contribution >= 4 is 17.6 Å². The van der Waals surface area contributed by atoms with Crippen molar-refractivity contribution in [3.8, 4) is 0 Å². The molecule has 1 aromatic rings. The van der Waals surface area contributed by atoms with Crippen LogP contribution in [0.1, 0.15) is 48.9 Å². The maximum Gasteiger partial charge on any atom is 0.224 e. The smallest absolute Gasteiger partial charge is 0.224 e. The van der Waals surface area contributed by atoms with Gasteiger partial charge in [0.25, 0.3) is 0 Å². The molecule has 0 aromatic heterocycles. The molecule has 1 amide bonds. The van der Waals surface area contributed by atoms with Crippen molar-refractivity contribution in [2.45, 2.75) is 38.5 Å². The monoisotopic (exact) mass is 260 g/mol. The third-order valence-corrected chi connectivity index (χ3v) is 3.68. The van der Waals surface area contributed by atoms with Crippen LogP contribution in [0.4, 0.5) is 5.69 Å². The molecule has 1 aromatic carbocycles. The Balaban J connectivity index is 1.89. The Morgan fingerprint density at radius 1 is 1.21 bits per heavy atom. The van der Waals surface area contributed by atoms with Crippen LogP contribution >= 0.6 is 0 Å². The Morgan fingerprint density at radius 3 is 2.58 bits per heavy atom. The van der Waals surface area contributed by atoms with Crippen LogP contribution < -0.4 is 10.4 Å². The summed E-state index contributed by atoms with van der Waals surface area (Å²) < 4.78 is 0. The predicted octanol–water partition coefficient (Wildman–Crippen LogP) is 1.96. The standard InChI is InChI=1S/C15H19NO3/c17-14(10-9-11-5-1-2-6-11)16-13-8-4-3-7-12(13)15(18)19/h3-4,7-8,11H,1-2,5-6,9-10H2,(H,16,17)(H,18,19)/p-1. The first-order chi connectivity index (χ1) is 9.16. The Bertz CT molecular complexity index is 464. The van der Waals surface area contributed by atoms with E-state index in [9.17, 15) is 14.7 Å². The molecule has 1 fully saturated rings. The predicted molar refractivity (Wildman–Crippen MR) is 70.6 cm³/mol. The van der Waals surface area contributed by atoms with Crippen LogP contribution in [0.5, 0.6) is 0 Å². The fraction of sp³-hybridized carbons (Fsp3) is 0.467. The number of carbonyl (C=O) groups is 2. The van der Waals surface area contributed by atoms with Crippen LogP contribution in [-0.4, -0.2) is 11.9 Å². The average molecular weight is 260 g/mol. The number of aromatic carboxylic acids is 1. The quantitative estimate of drug-likeness (QED) is 0.879. The maximum atomic E-state index is 11.8. The van der Waals surface area contributed by atoms with Crippen molar-refractivity contribution in [2.24, 2.45) is 5.92 Å². The zero-order chi connectivity index (χ0) is 13.7. The molecule has 2 rings (SSSR count). The topological polar surface area (TPSA) is 69.2 Å². The van der Waals surface area contributed by atoms with E-state index in [1.807, 2.05) is 0 Å². The van der Waals surface area contributed by atoms with E-state index in [0.29, 0.717) is 18.0 Å². The number of benzene rings is 1. The number of carbonyl (C=O) groups excluding carboxylic acids is 2. The Labute approximate surface area is 112 Å². The van der Waals surface area contributed by atoms with Gasteiger partial charge in [-0.05, 0) is 18.4 Å². The summed E-state index contributed by atoms with van der Waals surface area (Å²) in [5.74, 6) is -0.741. The molecular formula is C15H18NO3-. The molecule has 4 heteroatoms. The van der Waals surface area contributed by atoms with Gasteiger partial charge >= 0.3 is 0 Å². The summed E-state index contributed by atoms with van der Waals surface area (Å²) in [6, 6.07) is 6.32. The molecule has 0 unspecified atom stereocenters. The Morgan fingerprint density at radius 2 is 1.89 bits per heavy atom. The molecule has 0 saturated heterocycles. The van der Waals surface area contributed by atoms with Crippen molar-refractivity contribution < 1.29 is 14.7 Å².